The molecule has 0 saturated carbocycles. The number of amides is 2. The van der Waals surface area contributed by atoms with Crippen LogP contribution in [0.3, 0.4) is 0 Å². The van der Waals surface area contributed by atoms with Crippen molar-refractivity contribution in [1.82, 2.24) is 0 Å². The number of carbonyl (C=O) groups is 2. The zero-order chi connectivity index (χ0) is 22.3. The number of anilines is 1. The smallest absolute Gasteiger partial charge is 0.266 e. The molecule has 156 valence electrons. The number of aryl methyl sites for hydroxylation is 2. The van der Waals surface area contributed by atoms with E-state index in [0.717, 1.165) is 11.1 Å². The van der Waals surface area contributed by atoms with Gasteiger partial charge in [0.25, 0.3) is 11.8 Å². The van der Waals surface area contributed by atoms with Gasteiger partial charge in [-0.1, -0.05) is 29.3 Å². The van der Waals surface area contributed by atoms with Gasteiger partial charge in [0.05, 0.1) is 11.6 Å². The topological polar surface area (TPSA) is 114 Å². The molecule has 2 aromatic carbocycles. The Kier molecular flexibility index (Phi) is 7.84. The number of ether oxygens (including phenoxy) is 2. The number of halogens is 1. The van der Waals surface area contributed by atoms with Crippen LogP contribution in [-0.4, -0.2) is 25.0 Å². The summed E-state index contributed by atoms with van der Waals surface area (Å²) in [6, 6.07) is 10.6. The number of nitrogens with two attached hydrogens (primary N) is 1. The first-order valence-corrected chi connectivity index (χ1v) is 9.50. The molecule has 8 heteroatoms. The van der Waals surface area contributed by atoms with Gasteiger partial charge in [0, 0.05) is 5.69 Å². The van der Waals surface area contributed by atoms with Gasteiger partial charge in [-0.05, 0) is 56.2 Å². The Balaban J connectivity index is 2.34. The van der Waals surface area contributed by atoms with Crippen LogP contribution in [0.1, 0.15) is 23.6 Å². The van der Waals surface area contributed by atoms with Crippen LogP contribution >= 0.6 is 11.6 Å². The number of carbonyl (C=O) groups excluding carboxylic acids is 2. The van der Waals surface area contributed by atoms with Crippen LogP contribution < -0.4 is 20.5 Å². The lowest BCUT2D eigenvalue weighted by Gasteiger charge is -2.14. The van der Waals surface area contributed by atoms with Crippen molar-refractivity contribution in [2.24, 2.45) is 5.73 Å². The quantitative estimate of drug-likeness (QED) is 0.491. The summed E-state index contributed by atoms with van der Waals surface area (Å²) >= 11 is 6.26. The first-order valence-electron chi connectivity index (χ1n) is 9.13. The minimum atomic E-state index is -0.660. The monoisotopic (exact) mass is 427 g/mol. The SMILES string of the molecule is CCOc1cc(/C=C(\C#N)C(=O)Nc2ccc(C)cc2C)cc(Cl)c1OCC(N)=O. The van der Waals surface area contributed by atoms with Gasteiger partial charge >= 0.3 is 0 Å². The summed E-state index contributed by atoms with van der Waals surface area (Å²) in [5.74, 6) is -0.780. The predicted molar refractivity (Wildman–Crippen MR) is 115 cm³/mol. The molecule has 0 heterocycles. The van der Waals surface area contributed by atoms with E-state index in [-0.39, 0.29) is 28.7 Å². The lowest BCUT2D eigenvalue weighted by Crippen LogP contribution is -2.20. The minimum absolute atomic E-state index is 0.112. The molecule has 2 rings (SSSR count). The molecule has 0 aliphatic heterocycles. The Morgan fingerprint density at radius 3 is 2.57 bits per heavy atom. The number of nitriles is 1. The molecular weight excluding hydrogens is 406 g/mol. The highest BCUT2D eigenvalue weighted by Gasteiger charge is 2.16. The van der Waals surface area contributed by atoms with E-state index in [1.807, 2.05) is 32.0 Å². The number of benzene rings is 2. The first kappa shape index (κ1) is 22.8. The van der Waals surface area contributed by atoms with Crippen LogP contribution in [0.4, 0.5) is 5.69 Å². The number of rotatable bonds is 8. The van der Waals surface area contributed by atoms with Crippen molar-refractivity contribution in [3.63, 3.8) is 0 Å². The van der Waals surface area contributed by atoms with E-state index in [4.69, 9.17) is 26.8 Å². The molecule has 0 aliphatic carbocycles. The van der Waals surface area contributed by atoms with Crippen LogP contribution in [0.25, 0.3) is 6.08 Å². The summed E-state index contributed by atoms with van der Waals surface area (Å²) in [5, 5.41) is 12.4. The molecule has 0 fully saturated rings. The van der Waals surface area contributed by atoms with Gasteiger partial charge in [-0.2, -0.15) is 5.26 Å². The van der Waals surface area contributed by atoms with Crippen LogP contribution in [0, 0.1) is 25.2 Å². The number of nitrogens with zero attached hydrogens (tertiary/aromatic N) is 1. The van der Waals surface area contributed by atoms with Crippen molar-refractivity contribution in [3.05, 3.63) is 57.6 Å². The molecule has 0 aromatic heterocycles. The van der Waals surface area contributed by atoms with Crippen molar-refractivity contribution in [2.45, 2.75) is 20.8 Å². The van der Waals surface area contributed by atoms with Crippen LogP contribution in [0.5, 0.6) is 11.5 Å². The zero-order valence-corrected chi connectivity index (χ0v) is 17.7. The normalized spacial score (nSPS) is 10.8. The van der Waals surface area contributed by atoms with Crippen molar-refractivity contribution < 1.29 is 19.1 Å². The Hall–Kier alpha value is -3.50. The van der Waals surface area contributed by atoms with Crippen LogP contribution in [0.15, 0.2) is 35.9 Å². The highest BCUT2D eigenvalue weighted by atomic mass is 35.5. The third-order valence-corrected chi connectivity index (χ3v) is 4.28. The van der Waals surface area contributed by atoms with E-state index in [2.05, 4.69) is 5.32 Å². The van der Waals surface area contributed by atoms with Gasteiger partial charge in [-0.25, -0.2) is 0 Å². The minimum Gasteiger partial charge on any atom is -0.490 e. The predicted octanol–water partition coefficient (Wildman–Crippen LogP) is 3.77. The third-order valence-electron chi connectivity index (χ3n) is 4.00. The van der Waals surface area contributed by atoms with Crippen molar-refractivity contribution in [3.8, 4) is 17.6 Å². The zero-order valence-electron chi connectivity index (χ0n) is 16.9. The van der Waals surface area contributed by atoms with E-state index >= 15 is 0 Å². The van der Waals surface area contributed by atoms with Gasteiger partial charge < -0.3 is 20.5 Å². The van der Waals surface area contributed by atoms with Crippen molar-refractivity contribution in [2.75, 3.05) is 18.5 Å². The Morgan fingerprint density at radius 2 is 1.97 bits per heavy atom. The Labute approximate surface area is 180 Å². The van der Waals surface area contributed by atoms with Crippen LogP contribution in [-0.2, 0) is 9.59 Å². The maximum Gasteiger partial charge on any atom is 0.266 e. The maximum absolute atomic E-state index is 12.6. The lowest BCUT2D eigenvalue weighted by molar-refractivity contribution is -0.120. The van der Waals surface area contributed by atoms with Gasteiger partial charge in [0.1, 0.15) is 11.6 Å². The largest absolute Gasteiger partial charge is 0.490 e. The highest BCUT2D eigenvalue weighted by molar-refractivity contribution is 6.32. The number of nitrogens with one attached hydrogen (secondary N) is 1. The Bertz CT molecular complexity index is 1040. The fraction of sp³-hybridized carbons (Fsp3) is 0.227. The molecule has 7 nitrogen and oxygen atoms in total. The second kappa shape index (κ2) is 10.3. The summed E-state index contributed by atoms with van der Waals surface area (Å²) in [6.45, 7) is 5.55. The molecule has 2 amide bonds. The standard InChI is InChI=1S/C22H22ClN3O4/c1-4-29-19-10-15(9-17(23)21(19)30-12-20(25)27)8-16(11-24)22(28)26-18-6-5-13(2)7-14(18)3/h5-10H,4,12H2,1-3H3,(H2,25,27)(H,26,28)/b16-8+. The molecule has 0 unspecified atom stereocenters. The van der Waals surface area contributed by atoms with E-state index in [1.54, 1.807) is 19.1 Å². The summed E-state index contributed by atoms with van der Waals surface area (Å²) < 4.78 is 10.8. The van der Waals surface area contributed by atoms with E-state index in [0.29, 0.717) is 17.9 Å². The summed E-state index contributed by atoms with van der Waals surface area (Å²) in [6.07, 6.45) is 1.39. The fourth-order valence-corrected chi connectivity index (χ4v) is 2.95. The molecule has 30 heavy (non-hydrogen) atoms. The summed E-state index contributed by atoms with van der Waals surface area (Å²) in [7, 11) is 0. The summed E-state index contributed by atoms with van der Waals surface area (Å²) in [4.78, 5) is 23.6. The molecular formula is C22H22ClN3O4. The number of primary amides is 1. The number of hydrogen-bond acceptors (Lipinski definition) is 5. The number of hydrogen-bond donors (Lipinski definition) is 2. The second-order valence-electron chi connectivity index (χ2n) is 6.46. The van der Waals surface area contributed by atoms with E-state index in [9.17, 15) is 14.9 Å². The average Bonchev–Trinajstić information content (AvgIpc) is 2.67. The molecule has 3 N–H and O–H groups in total. The molecule has 0 spiro atoms. The first-order chi connectivity index (χ1) is 14.2. The van der Waals surface area contributed by atoms with Gasteiger partial charge in [0.2, 0.25) is 0 Å². The molecule has 0 bridgehead atoms. The molecule has 0 saturated heterocycles. The van der Waals surface area contributed by atoms with Gasteiger partial charge in [-0.3, -0.25) is 9.59 Å². The van der Waals surface area contributed by atoms with Crippen molar-refractivity contribution >= 4 is 35.2 Å². The molecule has 0 atom stereocenters. The average molecular weight is 428 g/mol. The third kappa shape index (κ3) is 6.00. The molecule has 2 aromatic rings. The van der Waals surface area contributed by atoms with Gasteiger partial charge in [-0.15, -0.1) is 0 Å². The van der Waals surface area contributed by atoms with Crippen molar-refractivity contribution in [1.29, 1.82) is 5.26 Å². The molecule has 0 aliphatic rings. The lowest BCUT2D eigenvalue weighted by atomic mass is 10.1. The molecule has 0 radical (unpaired) electrons. The van der Waals surface area contributed by atoms with Gasteiger partial charge in [0.15, 0.2) is 18.1 Å². The second-order valence-corrected chi connectivity index (χ2v) is 6.87. The highest BCUT2D eigenvalue weighted by Crippen LogP contribution is 2.37. The summed E-state index contributed by atoms with van der Waals surface area (Å²) in [5.41, 5.74) is 8.03. The van der Waals surface area contributed by atoms with E-state index in [1.165, 1.54) is 12.1 Å². The Morgan fingerprint density at radius 1 is 1.23 bits per heavy atom. The van der Waals surface area contributed by atoms with Crippen LogP contribution in [0.2, 0.25) is 5.02 Å². The fourth-order valence-electron chi connectivity index (χ4n) is 2.68. The van der Waals surface area contributed by atoms with E-state index < -0.39 is 11.8 Å². The maximum atomic E-state index is 12.6.